The van der Waals surface area contributed by atoms with Gasteiger partial charge in [-0.2, -0.15) is 0 Å². The number of nitrogens with zero attached hydrogens (tertiary/aromatic N) is 4. The van der Waals surface area contributed by atoms with Crippen molar-refractivity contribution in [3.8, 4) is 0 Å². The first-order chi connectivity index (χ1) is 8.24. The van der Waals surface area contributed by atoms with Crippen LogP contribution in [0.25, 0.3) is 0 Å². The summed E-state index contributed by atoms with van der Waals surface area (Å²) < 4.78 is 0. The molecule has 1 aromatic heterocycles. The molecule has 1 aromatic rings. The van der Waals surface area contributed by atoms with E-state index in [1.54, 1.807) is 6.20 Å². The number of carboxylic acid groups (broad SMARTS) is 1. The molecular formula is C11H14N4O2. The maximum Gasteiger partial charge on any atom is 0.407 e. The molecule has 1 saturated heterocycles. The Labute approximate surface area is 98.9 Å². The molecule has 0 unspecified atom stereocenters. The Morgan fingerprint density at radius 3 is 2.76 bits per heavy atom. The first-order valence-corrected chi connectivity index (χ1v) is 5.81. The number of hydrogen-bond acceptors (Lipinski definition) is 4. The average molecular weight is 234 g/mol. The van der Waals surface area contributed by atoms with E-state index in [4.69, 9.17) is 5.11 Å². The zero-order chi connectivity index (χ0) is 11.8. The molecule has 1 N–H and O–H groups in total. The Bertz CT molecular complexity index is 457. The average Bonchev–Trinajstić information content (AvgIpc) is 2.97. The van der Waals surface area contributed by atoms with Gasteiger partial charge in [-0.15, -0.1) is 0 Å². The molecule has 0 spiro atoms. The Kier molecular flexibility index (Phi) is 2.35. The van der Waals surface area contributed by atoms with E-state index in [-0.39, 0.29) is 0 Å². The lowest BCUT2D eigenvalue weighted by atomic mass is 10.3. The smallest absolute Gasteiger partial charge is 0.407 e. The van der Waals surface area contributed by atoms with Gasteiger partial charge < -0.3 is 10.0 Å². The molecule has 6 nitrogen and oxygen atoms in total. The first kappa shape index (κ1) is 10.3. The SMILES string of the molecule is O=C(O)N1Cc2cnc(N3CCCC3)nc2C1. The summed E-state index contributed by atoms with van der Waals surface area (Å²) in [5.41, 5.74) is 1.78. The van der Waals surface area contributed by atoms with Gasteiger partial charge in [0.2, 0.25) is 5.95 Å². The van der Waals surface area contributed by atoms with E-state index in [1.165, 1.54) is 17.7 Å². The number of amides is 1. The van der Waals surface area contributed by atoms with Crippen LogP contribution in [-0.4, -0.2) is 39.2 Å². The minimum absolute atomic E-state index is 0.383. The summed E-state index contributed by atoms with van der Waals surface area (Å²) in [4.78, 5) is 23.2. The molecule has 3 heterocycles. The number of hydrogen-bond donors (Lipinski definition) is 1. The number of rotatable bonds is 1. The predicted molar refractivity (Wildman–Crippen MR) is 60.8 cm³/mol. The molecule has 1 fully saturated rings. The van der Waals surface area contributed by atoms with Gasteiger partial charge in [-0.25, -0.2) is 14.8 Å². The van der Waals surface area contributed by atoms with Gasteiger partial charge in [-0.1, -0.05) is 0 Å². The van der Waals surface area contributed by atoms with Gasteiger partial charge in [0.25, 0.3) is 0 Å². The van der Waals surface area contributed by atoms with Gasteiger partial charge >= 0.3 is 6.09 Å². The lowest BCUT2D eigenvalue weighted by molar-refractivity contribution is 0.145. The highest BCUT2D eigenvalue weighted by Crippen LogP contribution is 2.23. The van der Waals surface area contributed by atoms with E-state index in [2.05, 4.69) is 14.9 Å². The summed E-state index contributed by atoms with van der Waals surface area (Å²) in [6, 6.07) is 0. The molecule has 6 heteroatoms. The summed E-state index contributed by atoms with van der Waals surface area (Å²) in [7, 11) is 0. The fourth-order valence-electron chi connectivity index (χ4n) is 2.35. The van der Waals surface area contributed by atoms with Gasteiger partial charge in [-0.05, 0) is 12.8 Å². The Hall–Kier alpha value is -1.85. The third kappa shape index (κ3) is 1.79. The van der Waals surface area contributed by atoms with Crippen LogP contribution in [0.1, 0.15) is 24.1 Å². The van der Waals surface area contributed by atoms with Gasteiger partial charge in [-0.3, -0.25) is 4.90 Å². The van der Waals surface area contributed by atoms with E-state index < -0.39 is 6.09 Å². The summed E-state index contributed by atoms with van der Waals surface area (Å²) in [6.45, 7) is 2.79. The van der Waals surface area contributed by atoms with Gasteiger partial charge in [0.05, 0.1) is 18.8 Å². The molecule has 0 atom stereocenters. The monoisotopic (exact) mass is 234 g/mol. The maximum absolute atomic E-state index is 10.9. The van der Waals surface area contributed by atoms with Crippen LogP contribution in [0.5, 0.6) is 0 Å². The van der Waals surface area contributed by atoms with Gasteiger partial charge in [0.15, 0.2) is 0 Å². The van der Waals surface area contributed by atoms with E-state index in [9.17, 15) is 4.79 Å². The van der Waals surface area contributed by atoms with Crippen LogP contribution < -0.4 is 4.90 Å². The van der Waals surface area contributed by atoms with Crippen LogP contribution in [-0.2, 0) is 13.1 Å². The van der Waals surface area contributed by atoms with E-state index in [0.717, 1.165) is 30.3 Å². The van der Waals surface area contributed by atoms with Crippen molar-refractivity contribution < 1.29 is 9.90 Å². The highest BCUT2D eigenvalue weighted by Gasteiger charge is 2.26. The largest absolute Gasteiger partial charge is 0.465 e. The second-order valence-electron chi connectivity index (χ2n) is 4.47. The zero-order valence-corrected chi connectivity index (χ0v) is 9.46. The molecule has 90 valence electrons. The van der Waals surface area contributed by atoms with Crippen LogP contribution in [0, 0.1) is 0 Å². The highest BCUT2D eigenvalue weighted by atomic mass is 16.4. The molecule has 0 aliphatic carbocycles. The molecule has 17 heavy (non-hydrogen) atoms. The summed E-state index contributed by atoms with van der Waals surface area (Å²) >= 11 is 0. The maximum atomic E-state index is 10.9. The molecule has 1 amide bonds. The van der Waals surface area contributed by atoms with E-state index >= 15 is 0 Å². The fourth-order valence-corrected chi connectivity index (χ4v) is 2.35. The van der Waals surface area contributed by atoms with Crippen molar-refractivity contribution in [2.24, 2.45) is 0 Å². The van der Waals surface area contributed by atoms with Crippen LogP contribution in [0.4, 0.5) is 10.7 Å². The Morgan fingerprint density at radius 1 is 1.29 bits per heavy atom. The van der Waals surface area contributed by atoms with Crippen LogP contribution >= 0.6 is 0 Å². The Morgan fingerprint density at radius 2 is 2.06 bits per heavy atom. The van der Waals surface area contributed by atoms with Gasteiger partial charge in [0.1, 0.15) is 0 Å². The summed E-state index contributed by atoms with van der Waals surface area (Å²) in [5.74, 6) is 0.744. The van der Waals surface area contributed by atoms with E-state index in [0.29, 0.717) is 13.1 Å². The standard InChI is InChI=1S/C11H14N4O2/c16-11(17)15-6-8-5-12-10(13-9(8)7-15)14-3-1-2-4-14/h5H,1-4,6-7H2,(H,16,17). The zero-order valence-electron chi connectivity index (χ0n) is 9.46. The molecule has 2 aliphatic heterocycles. The quantitative estimate of drug-likeness (QED) is 0.787. The molecule has 0 saturated carbocycles. The number of aromatic nitrogens is 2. The fraction of sp³-hybridized carbons (Fsp3) is 0.545. The molecule has 0 bridgehead atoms. The van der Waals surface area contributed by atoms with Crippen molar-refractivity contribution in [2.45, 2.75) is 25.9 Å². The third-order valence-corrected chi connectivity index (χ3v) is 3.30. The second-order valence-corrected chi connectivity index (χ2v) is 4.47. The minimum atomic E-state index is -0.897. The Balaban J connectivity index is 1.84. The van der Waals surface area contributed by atoms with Crippen molar-refractivity contribution in [2.75, 3.05) is 18.0 Å². The summed E-state index contributed by atoms with van der Waals surface area (Å²) in [6.07, 6.45) is 3.23. The predicted octanol–water partition coefficient (Wildman–Crippen LogP) is 1.07. The van der Waals surface area contributed by atoms with Crippen LogP contribution in [0.3, 0.4) is 0 Å². The number of fused-ring (bicyclic) bond motifs is 1. The van der Waals surface area contributed by atoms with Crippen LogP contribution in [0.15, 0.2) is 6.20 Å². The number of anilines is 1. The highest BCUT2D eigenvalue weighted by molar-refractivity contribution is 5.66. The summed E-state index contributed by atoms with van der Waals surface area (Å²) in [5, 5.41) is 8.93. The first-order valence-electron chi connectivity index (χ1n) is 5.81. The van der Waals surface area contributed by atoms with E-state index in [1.807, 2.05) is 0 Å². The van der Waals surface area contributed by atoms with Gasteiger partial charge in [0, 0.05) is 24.8 Å². The van der Waals surface area contributed by atoms with Crippen molar-refractivity contribution in [3.63, 3.8) is 0 Å². The normalized spacial score (nSPS) is 18.6. The molecule has 2 aliphatic rings. The molecule has 0 aromatic carbocycles. The van der Waals surface area contributed by atoms with Crippen molar-refractivity contribution >= 4 is 12.0 Å². The van der Waals surface area contributed by atoms with Crippen molar-refractivity contribution in [1.29, 1.82) is 0 Å². The number of carbonyl (C=O) groups is 1. The van der Waals surface area contributed by atoms with Crippen molar-refractivity contribution in [3.05, 3.63) is 17.5 Å². The van der Waals surface area contributed by atoms with Crippen molar-refractivity contribution in [1.82, 2.24) is 14.9 Å². The second kappa shape index (κ2) is 3.87. The topological polar surface area (TPSA) is 69.6 Å². The molecule has 3 rings (SSSR count). The minimum Gasteiger partial charge on any atom is -0.465 e. The lowest BCUT2D eigenvalue weighted by Gasteiger charge is -2.15. The molecule has 0 radical (unpaired) electrons. The lowest BCUT2D eigenvalue weighted by Crippen LogP contribution is -2.23. The third-order valence-electron chi connectivity index (χ3n) is 3.30. The van der Waals surface area contributed by atoms with Crippen LogP contribution in [0.2, 0.25) is 0 Å². The molecular weight excluding hydrogens is 220 g/mol.